The minimum atomic E-state index is -0.525. The minimum absolute atomic E-state index is 0.0127. The summed E-state index contributed by atoms with van der Waals surface area (Å²) >= 11 is 5.88. The van der Waals surface area contributed by atoms with Crippen LogP contribution >= 0.6 is 11.6 Å². The Balaban J connectivity index is 1.92. The van der Waals surface area contributed by atoms with Gasteiger partial charge >= 0.3 is 5.97 Å². The zero-order valence-corrected chi connectivity index (χ0v) is 15.6. The lowest BCUT2D eigenvalue weighted by Gasteiger charge is -2.18. The molecular formula is C20H22ClNO3. The summed E-state index contributed by atoms with van der Waals surface area (Å²) in [6, 6.07) is 12.4. The number of rotatable bonds is 4. The molecule has 2 rings (SSSR count). The molecule has 2 aromatic carbocycles. The number of amides is 1. The highest BCUT2D eigenvalue weighted by molar-refractivity contribution is 6.30. The van der Waals surface area contributed by atoms with Crippen molar-refractivity contribution in [1.29, 1.82) is 0 Å². The first-order chi connectivity index (χ1) is 11.7. The Morgan fingerprint density at radius 2 is 1.72 bits per heavy atom. The molecule has 0 aliphatic heterocycles. The van der Waals surface area contributed by atoms with Crippen molar-refractivity contribution in [2.45, 2.75) is 33.1 Å². The van der Waals surface area contributed by atoms with Gasteiger partial charge in [-0.25, -0.2) is 4.79 Å². The zero-order valence-electron chi connectivity index (χ0n) is 14.9. The third-order valence-corrected chi connectivity index (χ3v) is 4.02. The van der Waals surface area contributed by atoms with E-state index < -0.39 is 11.9 Å². The monoisotopic (exact) mass is 359 g/mol. The second kappa shape index (κ2) is 7.70. The summed E-state index contributed by atoms with van der Waals surface area (Å²) < 4.78 is 5.07. The maximum absolute atomic E-state index is 12.1. The Labute approximate surface area is 153 Å². The molecule has 25 heavy (non-hydrogen) atoms. The van der Waals surface area contributed by atoms with Gasteiger partial charge in [0.15, 0.2) is 6.61 Å². The van der Waals surface area contributed by atoms with Gasteiger partial charge in [0.2, 0.25) is 0 Å². The summed E-state index contributed by atoms with van der Waals surface area (Å²) in [5, 5.41) is 3.30. The highest BCUT2D eigenvalue weighted by Crippen LogP contribution is 2.22. The molecule has 0 unspecified atom stereocenters. The molecule has 1 N–H and O–H groups in total. The molecule has 0 heterocycles. The molecule has 0 saturated carbocycles. The molecule has 0 aliphatic carbocycles. The standard InChI is InChI=1S/C20H22ClNO3/c1-13-11-16(21)9-10-17(13)22-18(23)12-25-19(24)14-5-7-15(8-6-14)20(2,3)4/h5-11H,12H2,1-4H3,(H,22,23). The van der Waals surface area contributed by atoms with Crippen molar-refractivity contribution in [2.75, 3.05) is 11.9 Å². The van der Waals surface area contributed by atoms with E-state index in [0.29, 0.717) is 16.3 Å². The third kappa shape index (κ3) is 5.33. The second-order valence-corrected chi connectivity index (χ2v) is 7.35. The summed E-state index contributed by atoms with van der Waals surface area (Å²) in [5.41, 5.74) is 3.03. The number of nitrogens with one attached hydrogen (secondary N) is 1. The zero-order chi connectivity index (χ0) is 18.6. The first-order valence-corrected chi connectivity index (χ1v) is 8.38. The highest BCUT2D eigenvalue weighted by Gasteiger charge is 2.15. The van der Waals surface area contributed by atoms with E-state index >= 15 is 0 Å². The van der Waals surface area contributed by atoms with E-state index in [2.05, 4.69) is 26.1 Å². The van der Waals surface area contributed by atoms with Gasteiger partial charge in [-0.3, -0.25) is 4.79 Å². The van der Waals surface area contributed by atoms with E-state index in [1.807, 2.05) is 19.1 Å². The quantitative estimate of drug-likeness (QED) is 0.802. The van der Waals surface area contributed by atoms with Crippen LogP contribution in [-0.4, -0.2) is 18.5 Å². The fourth-order valence-corrected chi connectivity index (χ4v) is 2.50. The van der Waals surface area contributed by atoms with Crippen LogP contribution < -0.4 is 5.32 Å². The summed E-state index contributed by atoms with van der Waals surface area (Å²) in [6.07, 6.45) is 0. The first-order valence-electron chi connectivity index (χ1n) is 8.00. The van der Waals surface area contributed by atoms with E-state index in [1.54, 1.807) is 30.3 Å². The van der Waals surface area contributed by atoms with Crippen molar-refractivity contribution in [3.05, 3.63) is 64.2 Å². The molecule has 0 aromatic heterocycles. The number of hydrogen-bond donors (Lipinski definition) is 1. The van der Waals surface area contributed by atoms with Gasteiger partial charge in [0, 0.05) is 10.7 Å². The Kier molecular flexibility index (Phi) is 5.85. The van der Waals surface area contributed by atoms with Crippen molar-refractivity contribution in [2.24, 2.45) is 0 Å². The SMILES string of the molecule is Cc1cc(Cl)ccc1NC(=O)COC(=O)c1ccc(C(C)(C)C)cc1. The molecule has 0 aliphatic rings. The summed E-state index contributed by atoms with van der Waals surface area (Å²) in [6.45, 7) is 7.79. The largest absolute Gasteiger partial charge is 0.452 e. The van der Waals surface area contributed by atoms with Crippen LogP contribution in [-0.2, 0) is 14.9 Å². The predicted octanol–water partition coefficient (Wildman–Crippen LogP) is 4.74. The van der Waals surface area contributed by atoms with Gasteiger partial charge in [-0.2, -0.15) is 0 Å². The number of hydrogen-bond acceptors (Lipinski definition) is 3. The van der Waals surface area contributed by atoms with Gasteiger partial charge in [-0.15, -0.1) is 0 Å². The molecule has 0 saturated heterocycles. The molecule has 5 heteroatoms. The first kappa shape index (κ1) is 19.0. The fourth-order valence-electron chi connectivity index (χ4n) is 2.27. The van der Waals surface area contributed by atoms with Crippen LogP contribution in [0.1, 0.15) is 42.3 Å². The molecular weight excluding hydrogens is 338 g/mol. The molecule has 0 bridgehead atoms. The number of aryl methyl sites for hydroxylation is 1. The van der Waals surface area contributed by atoms with Crippen molar-refractivity contribution in [3.8, 4) is 0 Å². The summed E-state index contributed by atoms with van der Waals surface area (Å²) in [7, 11) is 0. The van der Waals surface area contributed by atoms with Crippen LogP contribution in [0.3, 0.4) is 0 Å². The Morgan fingerprint density at radius 1 is 1.08 bits per heavy atom. The van der Waals surface area contributed by atoms with Crippen molar-refractivity contribution in [1.82, 2.24) is 0 Å². The van der Waals surface area contributed by atoms with Gasteiger partial charge in [-0.1, -0.05) is 44.5 Å². The average molecular weight is 360 g/mol. The van der Waals surface area contributed by atoms with Crippen LogP contribution in [0.15, 0.2) is 42.5 Å². The lowest BCUT2D eigenvalue weighted by Crippen LogP contribution is -2.21. The number of esters is 1. The van der Waals surface area contributed by atoms with Crippen LogP contribution in [0.2, 0.25) is 5.02 Å². The highest BCUT2D eigenvalue weighted by atomic mass is 35.5. The van der Waals surface area contributed by atoms with Crippen LogP contribution in [0.25, 0.3) is 0 Å². The van der Waals surface area contributed by atoms with Crippen LogP contribution in [0, 0.1) is 6.92 Å². The maximum atomic E-state index is 12.1. The maximum Gasteiger partial charge on any atom is 0.338 e. The number of anilines is 1. The van der Waals surface area contributed by atoms with Crippen molar-refractivity contribution >= 4 is 29.2 Å². The second-order valence-electron chi connectivity index (χ2n) is 6.91. The Bertz CT molecular complexity index is 777. The number of ether oxygens (including phenoxy) is 1. The van der Waals surface area contributed by atoms with Crippen molar-refractivity contribution in [3.63, 3.8) is 0 Å². The van der Waals surface area contributed by atoms with Gasteiger partial charge in [0.1, 0.15) is 0 Å². The number of carbonyl (C=O) groups excluding carboxylic acids is 2. The predicted molar refractivity (Wildman–Crippen MR) is 100 cm³/mol. The molecule has 0 radical (unpaired) electrons. The van der Waals surface area contributed by atoms with E-state index in [4.69, 9.17) is 16.3 Å². The van der Waals surface area contributed by atoms with Gasteiger partial charge < -0.3 is 10.1 Å². The molecule has 0 atom stereocenters. The van der Waals surface area contributed by atoms with Gasteiger partial charge in [0.25, 0.3) is 5.91 Å². The average Bonchev–Trinajstić information content (AvgIpc) is 2.54. The van der Waals surface area contributed by atoms with E-state index in [0.717, 1.165) is 11.1 Å². The number of halogens is 1. The molecule has 2 aromatic rings. The fraction of sp³-hybridized carbons (Fsp3) is 0.300. The van der Waals surface area contributed by atoms with Crippen molar-refractivity contribution < 1.29 is 14.3 Å². The Morgan fingerprint density at radius 3 is 2.28 bits per heavy atom. The minimum Gasteiger partial charge on any atom is -0.452 e. The third-order valence-electron chi connectivity index (χ3n) is 3.78. The Hall–Kier alpha value is -2.33. The summed E-state index contributed by atoms with van der Waals surface area (Å²) in [5.74, 6) is -0.923. The van der Waals surface area contributed by atoms with Crippen LogP contribution in [0.5, 0.6) is 0 Å². The molecule has 1 amide bonds. The van der Waals surface area contributed by atoms with E-state index in [9.17, 15) is 9.59 Å². The molecule has 4 nitrogen and oxygen atoms in total. The summed E-state index contributed by atoms with van der Waals surface area (Å²) in [4.78, 5) is 24.0. The molecule has 0 fully saturated rings. The number of benzene rings is 2. The molecule has 132 valence electrons. The molecule has 0 spiro atoms. The lowest BCUT2D eigenvalue weighted by atomic mass is 9.87. The van der Waals surface area contributed by atoms with E-state index in [-0.39, 0.29) is 12.0 Å². The van der Waals surface area contributed by atoms with Gasteiger partial charge in [-0.05, 0) is 53.8 Å². The topological polar surface area (TPSA) is 55.4 Å². The lowest BCUT2D eigenvalue weighted by molar-refractivity contribution is -0.119. The van der Waals surface area contributed by atoms with E-state index in [1.165, 1.54) is 0 Å². The smallest absolute Gasteiger partial charge is 0.338 e. The number of carbonyl (C=O) groups is 2. The van der Waals surface area contributed by atoms with Crippen LogP contribution in [0.4, 0.5) is 5.69 Å². The normalized spacial score (nSPS) is 11.1. The van der Waals surface area contributed by atoms with Gasteiger partial charge in [0.05, 0.1) is 5.56 Å².